The van der Waals surface area contributed by atoms with Crippen molar-refractivity contribution in [3.63, 3.8) is 0 Å². The lowest BCUT2D eigenvalue weighted by atomic mass is 10.0. The molecule has 218 valence electrons. The maximum Gasteiger partial charge on any atom is 0.350 e. The molecular formula is C27H29N9O6. The molecular weight excluding hydrogens is 546 g/mol. The number of hydrogen-bond donors (Lipinski definition) is 4. The van der Waals surface area contributed by atoms with Gasteiger partial charge in [-0.2, -0.15) is 0 Å². The van der Waals surface area contributed by atoms with Gasteiger partial charge in [-0.3, -0.25) is 20.0 Å². The van der Waals surface area contributed by atoms with Crippen LogP contribution >= 0.6 is 0 Å². The highest BCUT2D eigenvalue weighted by Gasteiger charge is 2.27. The molecule has 42 heavy (non-hydrogen) atoms. The number of likely N-dealkylation sites (N-methyl/N-ethyl adjacent to an activating group) is 1. The van der Waals surface area contributed by atoms with E-state index < -0.39 is 29.9 Å². The minimum absolute atomic E-state index is 0.0654. The molecule has 0 radical (unpaired) electrons. The number of anilines is 1. The Morgan fingerprint density at radius 1 is 1.10 bits per heavy atom. The molecule has 0 saturated carbocycles. The van der Waals surface area contributed by atoms with Gasteiger partial charge in [0.15, 0.2) is 5.82 Å². The van der Waals surface area contributed by atoms with Gasteiger partial charge >= 0.3 is 23.9 Å². The van der Waals surface area contributed by atoms with E-state index in [-0.39, 0.29) is 23.4 Å². The maximum absolute atomic E-state index is 12.9. The summed E-state index contributed by atoms with van der Waals surface area (Å²) in [5.41, 5.74) is 6.63. The molecule has 5 N–H and O–H groups in total. The Morgan fingerprint density at radius 3 is 2.36 bits per heavy atom. The van der Waals surface area contributed by atoms with Crippen molar-refractivity contribution in [1.29, 1.82) is 5.41 Å². The highest BCUT2D eigenvalue weighted by atomic mass is 16.7. The standard InChI is InChI=1S/C27H29N9O6/c1-15(37)41-25(24(38)35(2)3)42-20-13-17(12-19(14-20)40-4)21(32-18-8-6-16(7-9-18)22(28)29)23-33-27(39)36(34-23)26-30-10-5-11-31-26/h5-14,21,25,32H,1-4H3,(H3,28,29)(H,33,34,39)/t21?,25-/m1/s1. The van der Waals surface area contributed by atoms with Crippen LogP contribution in [0.4, 0.5) is 5.69 Å². The van der Waals surface area contributed by atoms with Crippen LogP contribution in [0.15, 0.2) is 65.7 Å². The molecule has 4 aromatic rings. The number of methoxy groups -OCH3 is 1. The second-order valence-corrected chi connectivity index (χ2v) is 9.08. The number of esters is 1. The van der Waals surface area contributed by atoms with Gasteiger partial charge in [-0.25, -0.2) is 14.8 Å². The summed E-state index contributed by atoms with van der Waals surface area (Å²) in [6.07, 6.45) is 1.41. The largest absolute Gasteiger partial charge is 0.497 e. The van der Waals surface area contributed by atoms with Crippen LogP contribution in [0.2, 0.25) is 0 Å². The number of nitrogen functional groups attached to an aromatic ring is 1. The minimum atomic E-state index is -1.56. The number of nitrogens with two attached hydrogens (primary N) is 1. The number of amidine groups is 1. The Bertz CT molecular complexity index is 1630. The van der Waals surface area contributed by atoms with Crippen LogP contribution in [0.3, 0.4) is 0 Å². The predicted octanol–water partition coefficient (Wildman–Crippen LogP) is 1.20. The van der Waals surface area contributed by atoms with E-state index in [4.69, 9.17) is 25.4 Å². The third-order valence-corrected chi connectivity index (χ3v) is 5.79. The molecule has 2 aromatic carbocycles. The number of hydrogen-bond acceptors (Lipinski definition) is 11. The molecule has 15 nitrogen and oxygen atoms in total. The summed E-state index contributed by atoms with van der Waals surface area (Å²) in [5, 5.41) is 15.4. The van der Waals surface area contributed by atoms with Crippen LogP contribution in [-0.4, -0.2) is 74.8 Å². The van der Waals surface area contributed by atoms with Crippen LogP contribution in [-0.2, 0) is 14.3 Å². The van der Waals surface area contributed by atoms with Crippen LogP contribution < -0.4 is 26.2 Å². The lowest BCUT2D eigenvalue weighted by Gasteiger charge is -2.23. The average molecular weight is 576 g/mol. The zero-order valence-corrected chi connectivity index (χ0v) is 23.2. The molecule has 15 heteroatoms. The molecule has 2 aromatic heterocycles. The number of carbonyl (C=O) groups excluding carboxylic acids is 2. The van der Waals surface area contributed by atoms with Crippen molar-refractivity contribution in [1.82, 2.24) is 29.6 Å². The maximum atomic E-state index is 12.9. The van der Waals surface area contributed by atoms with Gasteiger partial charge in [0.1, 0.15) is 23.4 Å². The molecule has 4 rings (SSSR count). The van der Waals surface area contributed by atoms with Crippen molar-refractivity contribution in [2.75, 3.05) is 26.5 Å². The molecule has 0 fully saturated rings. The van der Waals surface area contributed by atoms with Crippen LogP contribution in [0.1, 0.15) is 29.9 Å². The lowest BCUT2D eigenvalue weighted by molar-refractivity contribution is -0.175. The Morgan fingerprint density at radius 2 is 1.76 bits per heavy atom. The second kappa shape index (κ2) is 12.6. The summed E-state index contributed by atoms with van der Waals surface area (Å²) >= 11 is 0. The van der Waals surface area contributed by atoms with Crippen LogP contribution in [0.25, 0.3) is 5.95 Å². The normalized spacial score (nSPS) is 12.1. The van der Waals surface area contributed by atoms with Gasteiger partial charge in [-0.15, -0.1) is 9.78 Å². The van der Waals surface area contributed by atoms with Crippen molar-refractivity contribution in [3.8, 4) is 17.4 Å². The quantitative estimate of drug-likeness (QED) is 0.0866. The molecule has 2 heterocycles. The molecule has 1 amide bonds. The van der Waals surface area contributed by atoms with Crippen molar-refractivity contribution >= 4 is 23.4 Å². The van der Waals surface area contributed by atoms with Crippen molar-refractivity contribution in [3.05, 3.63) is 88.4 Å². The fourth-order valence-corrected chi connectivity index (χ4v) is 3.79. The zero-order chi connectivity index (χ0) is 30.4. The van der Waals surface area contributed by atoms with Crippen LogP contribution in [0.5, 0.6) is 11.5 Å². The predicted molar refractivity (Wildman–Crippen MR) is 151 cm³/mol. The highest BCUT2D eigenvalue weighted by Crippen LogP contribution is 2.32. The Balaban J connectivity index is 1.80. The van der Waals surface area contributed by atoms with Gasteiger partial charge in [0, 0.05) is 50.7 Å². The first-order chi connectivity index (χ1) is 20.0. The van der Waals surface area contributed by atoms with Gasteiger partial charge in [-0.1, -0.05) is 0 Å². The number of nitrogens with one attached hydrogen (secondary N) is 3. The van der Waals surface area contributed by atoms with Crippen molar-refractivity contribution in [2.24, 2.45) is 5.73 Å². The van der Waals surface area contributed by atoms with E-state index in [9.17, 15) is 14.4 Å². The van der Waals surface area contributed by atoms with E-state index in [2.05, 4.69) is 25.4 Å². The van der Waals surface area contributed by atoms with E-state index in [0.29, 0.717) is 22.6 Å². The van der Waals surface area contributed by atoms with Gasteiger partial charge in [-0.05, 0) is 48.0 Å². The average Bonchev–Trinajstić information content (AvgIpc) is 3.36. The number of benzene rings is 2. The summed E-state index contributed by atoms with van der Waals surface area (Å²) in [4.78, 5) is 49.4. The number of carbonyl (C=O) groups is 2. The number of nitrogens with zero attached hydrogens (tertiary/aromatic N) is 5. The summed E-state index contributed by atoms with van der Waals surface area (Å²) in [6, 6.07) is 12.3. The molecule has 1 unspecified atom stereocenters. The monoisotopic (exact) mass is 575 g/mol. The number of aromatic nitrogens is 5. The van der Waals surface area contributed by atoms with E-state index in [0.717, 1.165) is 11.6 Å². The lowest BCUT2D eigenvalue weighted by Crippen LogP contribution is -2.40. The number of rotatable bonds is 11. The van der Waals surface area contributed by atoms with Gasteiger partial charge in [0.2, 0.25) is 0 Å². The summed E-state index contributed by atoms with van der Waals surface area (Å²) in [7, 11) is 4.45. The smallest absolute Gasteiger partial charge is 0.350 e. The van der Waals surface area contributed by atoms with E-state index >= 15 is 0 Å². The molecule has 0 bridgehead atoms. The van der Waals surface area contributed by atoms with Crippen molar-refractivity contribution in [2.45, 2.75) is 19.3 Å². The van der Waals surface area contributed by atoms with E-state index in [1.54, 1.807) is 42.5 Å². The third kappa shape index (κ3) is 6.88. The molecule has 0 aliphatic rings. The van der Waals surface area contributed by atoms with E-state index in [1.807, 2.05) is 0 Å². The van der Waals surface area contributed by atoms with Gasteiger partial charge < -0.3 is 30.2 Å². The Hall–Kier alpha value is -5.73. The number of H-pyrrole nitrogens is 1. The third-order valence-electron chi connectivity index (χ3n) is 5.79. The van der Waals surface area contributed by atoms with Crippen molar-refractivity contribution < 1.29 is 23.8 Å². The number of aromatic amines is 1. The molecule has 0 saturated heterocycles. The number of amides is 1. The van der Waals surface area contributed by atoms with E-state index in [1.165, 1.54) is 44.6 Å². The Kier molecular flexibility index (Phi) is 8.80. The SMILES string of the molecule is COc1cc(O[C@@H](OC(C)=O)C(=O)N(C)C)cc(C(Nc2ccc(C(=N)N)cc2)c2nn(-c3ncccn3)c(=O)[nH]2)c1. The minimum Gasteiger partial charge on any atom is -0.497 e. The molecule has 2 atom stereocenters. The van der Waals surface area contributed by atoms with Gasteiger partial charge in [0.05, 0.1) is 7.11 Å². The first-order valence-corrected chi connectivity index (χ1v) is 12.5. The fourth-order valence-electron chi connectivity index (χ4n) is 3.79. The summed E-state index contributed by atoms with van der Waals surface area (Å²) in [5.74, 6) is -0.670. The fraction of sp³-hybridized carbons (Fsp3) is 0.222. The summed E-state index contributed by atoms with van der Waals surface area (Å²) in [6.45, 7) is 1.16. The number of ether oxygens (including phenoxy) is 3. The first kappa shape index (κ1) is 29.3. The topological polar surface area (TPSA) is 203 Å². The summed E-state index contributed by atoms with van der Waals surface area (Å²) < 4.78 is 17.4. The Labute approximate surface area is 239 Å². The van der Waals surface area contributed by atoms with Crippen LogP contribution in [0, 0.1) is 5.41 Å². The zero-order valence-electron chi connectivity index (χ0n) is 23.2. The first-order valence-electron chi connectivity index (χ1n) is 12.5. The molecule has 0 aliphatic carbocycles. The highest BCUT2D eigenvalue weighted by molar-refractivity contribution is 5.95. The second-order valence-electron chi connectivity index (χ2n) is 9.08. The molecule has 0 aliphatic heterocycles. The van der Waals surface area contributed by atoms with Gasteiger partial charge in [0.25, 0.3) is 5.95 Å². The molecule has 0 spiro atoms.